The number of carbonyl (C=O) groups excluding carboxylic acids is 1. The number of benzene rings is 4. The first kappa shape index (κ1) is 34.7. The minimum atomic E-state index is -1.95. The molecule has 0 saturated carbocycles. The van der Waals surface area contributed by atoms with Gasteiger partial charge < -0.3 is 9.80 Å². The van der Waals surface area contributed by atoms with Crippen molar-refractivity contribution in [3.8, 4) is 5.75 Å². The zero-order valence-electron chi connectivity index (χ0n) is 27.0. The SMILES string of the molecule is CC(Oc1ccccc1[CH]=[Ru]([Cl])[Cl])C(=O)Nc1ccccc1.Cc1cc(C)c(N2[CH-]N(c3c(C)cc(C)cc3C)CC2)c(C)c1. The van der Waals surface area contributed by atoms with Gasteiger partial charge in [0, 0.05) is 24.5 Å². The molecule has 1 N–H and O–H groups in total. The average Bonchev–Trinajstić information content (AvgIpc) is 3.42. The first-order chi connectivity index (χ1) is 21.4. The van der Waals surface area contributed by atoms with Gasteiger partial charge in [0.1, 0.15) is 0 Å². The number of rotatable bonds is 7. The average molecular weight is 733 g/mol. The third-order valence-electron chi connectivity index (χ3n) is 7.53. The molecule has 0 spiro atoms. The number of carbonyl (C=O) groups is 1. The summed E-state index contributed by atoms with van der Waals surface area (Å²) >= 11 is -1.95. The Bertz CT molecular complexity index is 1560. The van der Waals surface area contributed by atoms with Gasteiger partial charge >= 0.3 is 143 Å². The Kier molecular flexibility index (Phi) is 12.3. The van der Waals surface area contributed by atoms with E-state index in [9.17, 15) is 4.79 Å². The second-order valence-corrected chi connectivity index (χ2v) is 17.2. The minimum Gasteiger partial charge on any atom is -0.502 e. The molecule has 1 heterocycles. The predicted octanol–water partition coefficient (Wildman–Crippen LogP) is 9.15. The van der Waals surface area contributed by atoms with Gasteiger partial charge in [-0.15, -0.1) is 0 Å². The van der Waals surface area contributed by atoms with E-state index in [0.29, 0.717) is 5.75 Å². The molecule has 0 aromatic heterocycles. The summed E-state index contributed by atoms with van der Waals surface area (Å²) in [6.07, 6.45) is -0.638. The monoisotopic (exact) mass is 732 g/mol. The molecule has 45 heavy (non-hydrogen) atoms. The Hall–Kier alpha value is -3.18. The number of nitrogens with zero attached hydrogens (tertiary/aromatic N) is 2. The van der Waals surface area contributed by atoms with E-state index in [0.717, 1.165) is 24.3 Å². The number of para-hydroxylation sites is 2. The number of aryl methyl sites for hydroxylation is 6. The topological polar surface area (TPSA) is 44.8 Å². The normalized spacial score (nSPS) is 13.5. The van der Waals surface area contributed by atoms with Gasteiger partial charge in [-0.2, -0.15) is 6.67 Å². The standard InChI is InChI=1S/C21H27N2.C16H15NO2.2ClH.Ru/c1-14-9-16(3)20(17(4)10-14)22-7-8-23(13-22)21-18(5)11-15(2)12-19(21)6;1-12-8-6-7-11-15(12)19-13(2)16(18)17-14-9-4-3-5-10-14;;;/h9-13H,7-8H2,1-6H3;1,3-11,13H,2H3,(H,17,18);2*1H;/q-1;;;;+2/p-2. The maximum Gasteiger partial charge on any atom is 0.0146 e. The van der Waals surface area contributed by atoms with Crippen LogP contribution < -0.4 is 19.9 Å². The van der Waals surface area contributed by atoms with Crippen LogP contribution in [0.5, 0.6) is 5.75 Å². The van der Waals surface area contributed by atoms with E-state index >= 15 is 0 Å². The summed E-state index contributed by atoms with van der Waals surface area (Å²) in [5.74, 6) is 0.380. The maximum absolute atomic E-state index is 12.2. The van der Waals surface area contributed by atoms with Gasteiger partial charge in [0.05, 0.1) is 0 Å². The van der Waals surface area contributed by atoms with E-state index < -0.39 is 19.6 Å². The molecule has 240 valence electrons. The first-order valence-electron chi connectivity index (χ1n) is 14.9. The molecule has 1 aliphatic rings. The summed E-state index contributed by atoms with van der Waals surface area (Å²) in [7, 11) is 11.8. The van der Waals surface area contributed by atoms with E-state index in [2.05, 4.69) is 87.6 Å². The molecule has 0 bridgehead atoms. The van der Waals surface area contributed by atoms with E-state index in [-0.39, 0.29) is 5.91 Å². The molecule has 5 nitrogen and oxygen atoms in total. The predicted molar refractivity (Wildman–Crippen MR) is 189 cm³/mol. The summed E-state index contributed by atoms with van der Waals surface area (Å²) < 4.78 is 7.54. The molecule has 1 atom stereocenters. The summed E-state index contributed by atoms with van der Waals surface area (Å²) in [5, 5.41) is 2.80. The van der Waals surface area contributed by atoms with Crippen molar-refractivity contribution in [3.05, 3.63) is 124 Å². The van der Waals surface area contributed by atoms with Crippen LogP contribution in [0.3, 0.4) is 0 Å². The van der Waals surface area contributed by atoms with Crippen molar-refractivity contribution in [1.82, 2.24) is 0 Å². The number of amides is 1. The van der Waals surface area contributed by atoms with Crippen molar-refractivity contribution < 1.29 is 23.0 Å². The number of hydrogen-bond donors (Lipinski definition) is 1. The number of anilines is 3. The molecule has 0 aliphatic carbocycles. The molecule has 8 heteroatoms. The van der Waals surface area contributed by atoms with Gasteiger partial charge in [-0.05, 0) is 63.8 Å². The van der Waals surface area contributed by atoms with Gasteiger partial charge in [0.25, 0.3) is 0 Å². The third-order valence-corrected chi connectivity index (χ3v) is 9.36. The van der Waals surface area contributed by atoms with E-state index in [1.807, 2.05) is 48.5 Å². The maximum atomic E-state index is 12.2. The van der Waals surface area contributed by atoms with Crippen LogP contribution in [0.25, 0.3) is 0 Å². The first-order valence-corrected chi connectivity index (χ1v) is 20.4. The second kappa shape index (κ2) is 15.9. The van der Waals surface area contributed by atoms with Crippen molar-refractivity contribution in [2.24, 2.45) is 0 Å². The van der Waals surface area contributed by atoms with Crippen molar-refractivity contribution in [1.29, 1.82) is 0 Å². The molecular formula is C37H42Cl2N3O2Ru-. The fourth-order valence-electron chi connectivity index (χ4n) is 5.85. The van der Waals surface area contributed by atoms with Crippen LogP contribution in [-0.2, 0) is 18.3 Å². The Morgan fingerprint density at radius 1 is 0.800 bits per heavy atom. The number of nitrogens with one attached hydrogen (secondary N) is 1. The molecule has 1 fully saturated rings. The minimum absolute atomic E-state index is 0.216. The van der Waals surface area contributed by atoms with Crippen LogP contribution in [0.15, 0.2) is 78.9 Å². The molecule has 1 saturated heterocycles. The number of hydrogen-bond acceptors (Lipinski definition) is 4. The van der Waals surface area contributed by atoms with Gasteiger partial charge in [0.2, 0.25) is 0 Å². The fourth-order valence-corrected chi connectivity index (χ4v) is 7.66. The molecule has 4 aromatic rings. The Labute approximate surface area is 281 Å². The Balaban J connectivity index is 0.000000205. The third kappa shape index (κ3) is 9.42. The van der Waals surface area contributed by atoms with Crippen molar-refractivity contribution in [3.63, 3.8) is 0 Å². The van der Waals surface area contributed by atoms with Crippen LogP contribution >= 0.6 is 19.4 Å². The van der Waals surface area contributed by atoms with Crippen LogP contribution in [0, 0.1) is 48.2 Å². The van der Waals surface area contributed by atoms with Crippen LogP contribution in [0.4, 0.5) is 17.1 Å². The molecule has 5 rings (SSSR count). The zero-order valence-corrected chi connectivity index (χ0v) is 30.2. The van der Waals surface area contributed by atoms with Gasteiger partial charge in [-0.1, -0.05) is 35.4 Å². The summed E-state index contributed by atoms with van der Waals surface area (Å²) in [6, 6.07) is 25.7. The van der Waals surface area contributed by atoms with Crippen molar-refractivity contribution in [2.75, 3.05) is 28.2 Å². The fraction of sp³-hybridized carbons (Fsp3) is 0.270. The summed E-state index contributed by atoms with van der Waals surface area (Å²) in [4.78, 5) is 17.0. The van der Waals surface area contributed by atoms with Gasteiger partial charge in [-0.25, -0.2) is 0 Å². The quantitative estimate of drug-likeness (QED) is 0.152. The molecule has 1 amide bonds. The molecule has 4 aromatic carbocycles. The van der Waals surface area contributed by atoms with E-state index in [1.54, 1.807) is 17.6 Å². The van der Waals surface area contributed by atoms with Gasteiger partial charge in [-0.3, -0.25) is 0 Å². The molecule has 1 aliphatic heterocycles. The smallest absolute Gasteiger partial charge is 0.0146 e. The Morgan fingerprint density at radius 3 is 1.76 bits per heavy atom. The largest absolute Gasteiger partial charge is 0.502 e. The summed E-state index contributed by atoms with van der Waals surface area (Å²) in [6.45, 7) is 19.3. The van der Waals surface area contributed by atoms with Crippen molar-refractivity contribution in [2.45, 2.75) is 54.6 Å². The van der Waals surface area contributed by atoms with Gasteiger partial charge in [0.15, 0.2) is 0 Å². The van der Waals surface area contributed by atoms with Crippen LogP contribution in [-0.4, -0.2) is 29.7 Å². The van der Waals surface area contributed by atoms with Crippen molar-refractivity contribution >= 4 is 47.0 Å². The molecular weight excluding hydrogens is 690 g/mol. The second-order valence-electron chi connectivity index (χ2n) is 11.5. The summed E-state index contributed by atoms with van der Waals surface area (Å²) in [5.41, 5.74) is 12.4. The van der Waals surface area contributed by atoms with E-state index in [1.165, 1.54) is 44.8 Å². The zero-order chi connectivity index (χ0) is 32.7. The molecule has 0 radical (unpaired) electrons. The Morgan fingerprint density at radius 2 is 1.27 bits per heavy atom. The van der Waals surface area contributed by atoms with E-state index in [4.69, 9.17) is 24.1 Å². The van der Waals surface area contributed by atoms with Crippen LogP contribution in [0.1, 0.15) is 45.9 Å². The number of ether oxygens (including phenoxy) is 1. The van der Waals surface area contributed by atoms with Crippen LogP contribution in [0.2, 0.25) is 0 Å². The molecule has 1 unspecified atom stereocenters. The number of halogens is 2.